The van der Waals surface area contributed by atoms with Crippen LogP contribution in [0.1, 0.15) is 16.7 Å². The Bertz CT molecular complexity index is 998. The Morgan fingerprint density at radius 1 is 0.714 bits per heavy atom. The highest BCUT2D eigenvalue weighted by Gasteiger charge is 2.23. The zero-order chi connectivity index (χ0) is 19.3. The first-order chi connectivity index (χ1) is 13.8. The highest BCUT2D eigenvalue weighted by atomic mass is 32.2. The Kier molecular flexibility index (Phi) is 6.04. The van der Waals surface area contributed by atoms with Gasteiger partial charge < -0.3 is 0 Å². The van der Waals surface area contributed by atoms with E-state index in [4.69, 9.17) is 11.8 Å². The van der Waals surface area contributed by atoms with Gasteiger partial charge in [0.25, 0.3) is 0 Å². The van der Waals surface area contributed by atoms with Gasteiger partial charge in [0.2, 0.25) is 0 Å². The molecule has 0 saturated carbocycles. The minimum absolute atomic E-state index is 0.636. The van der Waals surface area contributed by atoms with Gasteiger partial charge in [-0.1, -0.05) is 83.4 Å². The molecular weight excluding hydrogens is 421 g/mol. The van der Waals surface area contributed by atoms with Crippen LogP contribution in [0, 0.1) is 17.9 Å². The quantitative estimate of drug-likeness (QED) is 0.457. The minimum atomic E-state index is 0.636. The second kappa shape index (κ2) is 8.86. The lowest BCUT2D eigenvalue weighted by Crippen LogP contribution is -1.95. The molecule has 0 unspecified atom stereocenters. The highest BCUT2D eigenvalue weighted by molar-refractivity contribution is 8.28. The Hall–Kier alpha value is -2.22. The fourth-order valence-electron chi connectivity index (χ4n) is 2.79. The molecule has 28 heavy (non-hydrogen) atoms. The number of nitrogens with zero attached hydrogens (tertiary/aromatic N) is 2. The van der Waals surface area contributed by atoms with E-state index >= 15 is 0 Å². The molecule has 134 valence electrons. The van der Waals surface area contributed by atoms with Crippen molar-refractivity contribution in [1.82, 2.24) is 0 Å². The Morgan fingerprint density at radius 2 is 1.14 bits per heavy atom. The molecule has 0 bridgehead atoms. The average molecular weight is 433 g/mol. The first-order valence-corrected chi connectivity index (χ1v) is 11.8. The molecule has 0 radical (unpaired) electrons. The van der Waals surface area contributed by atoms with Gasteiger partial charge in [0, 0.05) is 11.1 Å². The van der Waals surface area contributed by atoms with Gasteiger partial charge in [-0.2, -0.15) is 5.26 Å². The molecule has 0 fully saturated rings. The van der Waals surface area contributed by atoms with E-state index in [2.05, 4.69) is 32.5 Å². The summed E-state index contributed by atoms with van der Waals surface area (Å²) in [4.78, 5) is 3.52. The average Bonchev–Trinajstić information content (AvgIpc) is 3.46. The largest absolute Gasteiger partial charge is 0.238 e. The summed E-state index contributed by atoms with van der Waals surface area (Å²) in [6.07, 6.45) is 0. The van der Waals surface area contributed by atoms with Crippen LogP contribution in [0.4, 0.5) is 5.69 Å². The maximum Gasteiger partial charge on any atom is 0.187 e. The van der Waals surface area contributed by atoms with Crippen molar-refractivity contribution in [3.63, 3.8) is 0 Å². The number of hydrogen-bond donors (Lipinski definition) is 0. The molecule has 4 rings (SSSR count). The van der Waals surface area contributed by atoms with E-state index in [1.54, 1.807) is 47.0 Å². The van der Waals surface area contributed by atoms with Crippen molar-refractivity contribution in [2.45, 2.75) is 0 Å². The Labute approximate surface area is 181 Å². The van der Waals surface area contributed by atoms with Crippen LogP contribution in [0.25, 0.3) is 16.0 Å². The highest BCUT2D eigenvalue weighted by Crippen LogP contribution is 2.53. The van der Waals surface area contributed by atoms with Crippen LogP contribution in [0.2, 0.25) is 0 Å². The van der Waals surface area contributed by atoms with Crippen LogP contribution in [0.15, 0.2) is 78.6 Å². The molecule has 0 saturated heterocycles. The first-order valence-electron chi connectivity index (χ1n) is 8.24. The van der Waals surface area contributed by atoms with Crippen LogP contribution in [-0.2, 0) is 0 Å². The zero-order valence-electron chi connectivity index (χ0n) is 14.5. The molecule has 2 aliphatic heterocycles. The summed E-state index contributed by atoms with van der Waals surface area (Å²) in [5.74, 6) is 0. The molecular formula is C22H12N2S4. The third-order valence-corrected chi connectivity index (χ3v) is 8.32. The molecule has 0 amide bonds. The van der Waals surface area contributed by atoms with E-state index in [1.807, 2.05) is 48.5 Å². The lowest BCUT2D eigenvalue weighted by molar-refractivity contribution is 1.48. The molecule has 2 nitrogen and oxygen atoms in total. The fraction of sp³-hybridized carbons (Fsp3) is 0. The van der Waals surface area contributed by atoms with Crippen molar-refractivity contribution in [2.24, 2.45) is 0 Å². The third kappa shape index (κ3) is 3.97. The summed E-state index contributed by atoms with van der Waals surface area (Å²) >= 11 is 6.88. The molecule has 0 atom stereocenters. The number of benzene rings is 2. The predicted molar refractivity (Wildman–Crippen MR) is 126 cm³/mol. The summed E-state index contributed by atoms with van der Waals surface area (Å²) in [5.41, 5.74) is 5.80. The third-order valence-electron chi connectivity index (χ3n) is 4.06. The van der Waals surface area contributed by atoms with E-state index < -0.39 is 0 Å². The fourth-order valence-corrected chi connectivity index (χ4v) is 6.64. The zero-order valence-corrected chi connectivity index (χ0v) is 17.7. The van der Waals surface area contributed by atoms with E-state index in [-0.39, 0.29) is 0 Å². The summed E-state index contributed by atoms with van der Waals surface area (Å²) < 4.78 is 2.44. The number of thioether (sulfide) groups is 4. The molecule has 0 spiro atoms. The Morgan fingerprint density at radius 3 is 1.54 bits per heavy atom. The van der Waals surface area contributed by atoms with Crippen LogP contribution < -0.4 is 0 Å². The topological polar surface area (TPSA) is 28.1 Å². The van der Waals surface area contributed by atoms with Gasteiger partial charge in [0.1, 0.15) is 0 Å². The van der Waals surface area contributed by atoms with E-state index in [9.17, 15) is 0 Å². The minimum Gasteiger partial charge on any atom is -0.238 e. The van der Waals surface area contributed by atoms with Crippen LogP contribution in [-0.4, -0.2) is 0 Å². The van der Waals surface area contributed by atoms with Gasteiger partial charge >= 0.3 is 0 Å². The molecule has 0 N–H and O–H groups in total. The number of allylic oxidation sites excluding steroid dienone is 2. The lowest BCUT2D eigenvalue weighted by Gasteiger charge is -2.18. The first kappa shape index (κ1) is 19.1. The molecule has 2 aromatic carbocycles. The van der Waals surface area contributed by atoms with Crippen molar-refractivity contribution < 1.29 is 0 Å². The molecule has 0 aromatic heterocycles. The molecule has 2 aromatic rings. The maximum atomic E-state index is 9.16. The second-order valence-corrected chi connectivity index (χ2v) is 9.87. The molecule has 0 aliphatic carbocycles. The van der Waals surface area contributed by atoms with Crippen LogP contribution in [0.3, 0.4) is 0 Å². The summed E-state index contributed by atoms with van der Waals surface area (Å²) in [6.45, 7) is 7.23. The molecule has 6 heteroatoms. The monoisotopic (exact) mass is 432 g/mol. The van der Waals surface area contributed by atoms with Crippen molar-refractivity contribution in [3.05, 3.63) is 107 Å². The van der Waals surface area contributed by atoms with E-state index in [1.165, 1.54) is 19.6 Å². The summed E-state index contributed by atoms with van der Waals surface area (Å²) in [5, 5.41) is 17.6. The maximum absolute atomic E-state index is 9.16. The van der Waals surface area contributed by atoms with Crippen molar-refractivity contribution in [1.29, 1.82) is 5.26 Å². The Balaban J connectivity index is 1.92. The predicted octanol–water partition coefficient (Wildman–Crippen LogP) is 8.05. The van der Waals surface area contributed by atoms with Gasteiger partial charge in [0.15, 0.2) is 5.69 Å². The smallest absolute Gasteiger partial charge is 0.187 e. The van der Waals surface area contributed by atoms with Crippen LogP contribution in [0.5, 0.6) is 0 Å². The lowest BCUT2D eigenvalue weighted by atomic mass is 9.94. The summed E-state index contributed by atoms with van der Waals surface area (Å²) in [7, 11) is 0. The number of hydrogen-bond acceptors (Lipinski definition) is 5. The normalized spacial score (nSPS) is 14.8. The molecule has 2 heterocycles. The number of nitriles is 1. The van der Waals surface area contributed by atoms with Crippen LogP contribution >= 0.6 is 47.0 Å². The van der Waals surface area contributed by atoms with E-state index in [0.29, 0.717) is 11.3 Å². The van der Waals surface area contributed by atoms with Gasteiger partial charge in [-0.15, -0.1) is 0 Å². The van der Waals surface area contributed by atoms with Gasteiger partial charge in [0.05, 0.1) is 26.7 Å². The van der Waals surface area contributed by atoms with Crippen molar-refractivity contribution in [2.75, 3.05) is 0 Å². The summed E-state index contributed by atoms with van der Waals surface area (Å²) in [6, 6.07) is 17.8. The number of rotatable bonds is 3. The van der Waals surface area contributed by atoms with Gasteiger partial charge in [-0.3, -0.25) is 0 Å². The SMILES string of the molecule is [C-]#[N+]c1ccc(C(=C2SC=CS2)C(=C2SC=CS2)c2ccc(C#N)cc2)cc1. The molecule has 2 aliphatic rings. The van der Waals surface area contributed by atoms with Gasteiger partial charge in [-0.05, 0) is 44.9 Å². The van der Waals surface area contributed by atoms with Gasteiger partial charge in [-0.25, -0.2) is 4.85 Å². The van der Waals surface area contributed by atoms with Crippen molar-refractivity contribution >= 4 is 63.9 Å². The second-order valence-electron chi connectivity index (χ2n) is 5.69. The van der Waals surface area contributed by atoms with Crippen molar-refractivity contribution in [3.8, 4) is 6.07 Å². The van der Waals surface area contributed by atoms with E-state index in [0.717, 1.165) is 11.1 Å². The standard InChI is InChI=1S/C22H12N2S4/c1-24-18-8-6-17(7-9-18)20(22-27-12-13-28-22)19(21-25-10-11-26-21)16-4-2-15(14-23)3-5-16/h2-13H.